The van der Waals surface area contributed by atoms with Crippen LogP contribution in [0, 0.1) is 12.3 Å². The Balaban J connectivity index is 1.86. The molecular weight excluding hydrogens is 350 g/mol. The van der Waals surface area contributed by atoms with Crippen LogP contribution in [-0.2, 0) is 6.42 Å². The van der Waals surface area contributed by atoms with Gasteiger partial charge in [0.1, 0.15) is 12.4 Å². The number of nitrogens with one attached hydrogen (secondary N) is 2. The first-order valence-electron chi connectivity index (χ1n) is 9.60. The molecule has 0 spiro atoms. The average molecular weight is 380 g/mol. The molecule has 0 aliphatic carbocycles. The van der Waals surface area contributed by atoms with Gasteiger partial charge < -0.3 is 20.5 Å². The van der Waals surface area contributed by atoms with Crippen LogP contribution >= 0.6 is 0 Å². The van der Waals surface area contributed by atoms with Crippen molar-refractivity contribution in [1.29, 1.82) is 0 Å². The predicted octanol–water partition coefficient (Wildman–Crippen LogP) is 2.57. The highest BCUT2D eigenvalue weighted by atomic mass is 16.5. The maximum atomic E-state index is 9.69. The quantitative estimate of drug-likeness (QED) is 0.337. The Morgan fingerprint density at radius 2 is 1.89 bits per heavy atom. The number of hydrogen-bond donors (Lipinski definition) is 3. The molecule has 0 aromatic heterocycles. The molecule has 0 saturated heterocycles. The molecule has 3 N–H and O–H groups in total. The molecule has 5 nitrogen and oxygen atoms in total. The largest absolute Gasteiger partial charge is 0.481 e. The van der Waals surface area contributed by atoms with Crippen molar-refractivity contribution in [3.05, 3.63) is 65.7 Å². The smallest absolute Gasteiger partial charge is 0.191 e. The molecule has 0 radical (unpaired) electrons. The number of ether oxygens (including phenoxy) is 1. The fourth-order valence-electron chi connectivity index (χ4n) is 2.74. The molecular formula is C23H29N3O2. The maximum absolute atomic E-state index is 9.69. The van der Waals surface area contributed by atoms with E-state index in [1.54, 1.807) is 0 Å². The van der Waals surface area contributed by atoms with Gasteiger partial charge in [-0.2, -0.15) is 0 Å². The van der Waals surface area contributed by atoms with Gasteiger partial charge in [0.2, 0.25) is 0 Å². The zero-order valence-corrected chi connectivity index (χ0v) is 16.4. The lowest BCUT2D eigenvalue weighted by atomic mass is 10.0. The van der Waals surface area contributed by atoms with Crippen LogP contribution < -0.4 is 15.4 Å². The Kier molecular flexibility index (Phi) is 9.46. The zero-order chi connectivity index (χ0) is 20.0. The molecule has 28 heavy (non-hydrogen) atoms. The number of nitrogens with zero attached hydrogens (tertiary/aromatic N) is 1. The molecule has 0 fully saturated rings. The second-order valence-corrected chi connectivity index (χ2v) is 6.32. The van der Waals surface area contributed by atoms with E-state index in [1.807, 2.05) is 61.5 Å². The van der Waals surface area contributed by atoms with E-state index >= 15 is 0 Å². The van der Waals surface area contributed by atoms with Crippen molar-refractivity contribution in [2.24, 2.45) is 4.99 Å². The van der Waals surface area contributed by atoms with Crippen LogP contribution in [0.25, 0.3) is 0 Å². The van der Waals surface area contributed by atoms with Crippen LogP contribution in [-0.4, -0.2) is 43.9 Å². The third-order valence-electron chi connectivity index (χ3n) is 4.26. The van der Waals surface area contributed by atoms with Gasteiger partial charge in [-0.25, -0.2) is 0 Å². The van der Waals surface area contributed by atoms with Gasteiger partial charge in [0.15, 0.2) is 5.96 Å². The molecule has 0 amide bonds. The van der Waals surface area contributed by atoms with Crippen molar-refractivity contribution in [3.8, 4) is 18.1 Å². The van der Waals surface area contributed by atoms with E-state index in [2.05, 4.69) is 21.5 Å². The molecule has 2 aromatic rings. The highest BCUT2D eigenvalue weighted by Gasteiger charge is 2.10. The summed E-state index contributed by atoms with van der Waals surface area (Å²) in [5.74, 6) is 3.98. The number of benzene rings is 2. The summed E-state index contributed by atoms with van der Waals surface area (Å²) in [6.45, 7) is 4.44. The van der Waals surface area contributed by atoms with Crippen LogP contribution in [0.3, 0.4) is 0 Å². The second kappa shape index (κ2) is 12.4. The molecule has 1 atom stereocenters. The minimum absolute atomic E-state index is 0.00721. The minimum Gasteiger partial charge on any atom is -0.481 e. The molecule has 0 aliphatic rings. The second-order valence-electron chi connectivity index (χ2n) is 6.32. The number of aliphatic hydroxyl groups is 1. The summed E-state index contributed by atoms with van der Waals surface area (Å²) in [5, 5.41) is 16.3. The van der Waals surface area contributed by atoms with Crippen molar-refractivity contribution >= 4 is 5.96 Å². The Morgan fingerprint density at radius 3 is 2.54 bits per heavy atom. The van der Waals surface area contributed by atoms with Crippen LogP contribution in [0.15, 0.2) is 59.6 Å². The van der Waals surface area contributed by atoms with Crippen LogP contribution in [0.5, 0.6) is 5.75 Å². The Labute approximate surface area is 167 Å². The third kappa shape index (κ3) is 7.34. The molecule has 2 rings (SSSR count). The fourth-order valence-corrected chi connectivity index (χ4v) is 2.74. The lowest BCUT2D eigenvalue weighted by Gasteiger charge is -2.15. The van der Waals surface area contributed by atoms with E-state index in [9.17, 15) is 5.11 Å². The third-order valence-corrected chi connectivity index (χ3v) is 4.26. The Morgan fingerprint density at radius 1 is 1.14 bits per heavy atom. The summed E-state index contributed by atoms with van der Waals surface area (Å²) in [6, 6.07) is 17.9. The first-order chi connectivity index (χ1) is 13.8. The van der Waals surface area contributed by atoms with Crippen molar-refractivity contribution < 1.29 is 9.84 Å². The van der Waals surface area contributed by atoms with Crippen molar-refractivity contribution in [3.63, 3.8) is 0 Å². The highest BCUT2D eigenvalue weighted by molar-refractivity contribution is 5.79. The summed E-state index contributed by atoms with van der Waals surface area (Å²) in [7, 11) is 0. The fraction of sp³-hybridized carbons (Fsp3) is 0.348. The van der Waals surface area contributed by atoms with Crippen molar-refractivity contribution in [1.82, 2.24) is 10.6 Å². The van der Waals surface area contributed by atoms with Gasteiger partial charge >= 0.3 is 0 Å². The number of hydrogen-bond acceptors (Lipinski definition) is 3. The number of aliphatic imine (C=N–C) groups is 1. The van der Waals surface area contributed by atoms with E-state index in [0.717, 1.165) is 36.8 Å². The molecule has 0 saturated carbocycles. The number of rotatable bonds is 10. The van der Waals surface area contributed by atoms with E-state index in [-0.39, 0.29) is 19.1 Å². The predicted molar refractivity (Wildman–Crippen MR) is 115 cm³/mol. The Bertz CT molecular complexity index is 752. The number of guanidine groups is 1. The maximum Gasteiger partial charge on any atom is 0.191 e. The number of terminal acetylenes is 1. The summed E-state index contributed by atoms with van der Waals surface area (Å²) >= 11 is 0. The SMILES string of the molecule is C#CCOc1ccc(CCNC(=NCC(CO)c2ccccc2)NCC)cc1. The molecule has 0 bridgehead atoms. The average Bonchev–Trinajstić information content (AvgIpc) is 2.74. The van der Waals surface area contributed by atoms with Gasteiger partial charge in [-0.05, 0) is 36.6 Å². The van der Waals surface area contributed by atoms with Gasteiger partial charge in [0.05, 0.1) is 13.2 Å². The van der Waals surface area contributed by atoms with Gasteiger partial charge in [0, 0.05) is 19.0 Å². The summed E-state index contributed by atoms with van der Waals surface area (Å²) in [6.07, 6.45) is 6.06. The van der Waals surface area contributed by atoms with Gasteiger partial charge in [-0.1, -0.05) is 48.4 Å². The van der Waals surface area contributed by atoms with E-state index in [4.69, 9.17) is 11.2 Å². The summed E-state index contributed by atoms with van der Waals surface area (Å²) in [5.41, 5.74) is 2.30. The van der Waals surface area contributed by atoms with Crippen LogP contribution in [0.2, 0.25) is 0 Å². The van der Waals surface area contributed by atoms with Gasteiger partial charge in [-0.15, -0.1) is 6.42 Å². The first-order valence-corrected chi connectivity index (χ1v) is 9.60. The lowest BCUT2D eigenvalue weighted by molar-refractivity contribution is 0.268. The molecule has 0 aliphatic heterocycles. The monoisotopic (exact) mass is 379 g/mol. The number of aliphatic hydroxyl groups excluding tert-OH is 1. The van der Waals surface area contributed by atoms with Crippen molar-refractivity contribution in [2.75, 3.05) is 32.8 Å². The molecule has 2 aromatic carbocycles. The standard InChI is InChI=1S/C23H29N3O2/c1-3-16-28-22-12-10-19(11-13-22)14-15-25-23(24-4-2)26-17-21(18-27)20-8-6-5-7-9-20/h1,5-13,21,27H,4,14-18H2,2H3,(H2,24,25,26). The molecule has 148 valence electrons. The lowest BCUT2D eigenvalue weighted by Crippen LogP contribution is -2.38. The molecule has 5 heteroatoms. The normalized spacial score (nSPS) is 12.1. The summed E-state index contributed by atoms with van der Waals surface area (Å²) in [4.78, 5) is 4.64. The van der Waals surface area contributed by atoms with E-state index in [1.165, 1.54) is 5.56 Å². The minimum atomic E-state index is -0.00721. The zero-order valence-electron chi connectivity index (χ0n) is 16.4. The molecule has 0 heterocycles. The topological polar surface area (TPSA) is 65.9 Å². The highest BCUT2D eigenvalue weighted by Crippen LogP contribution is 2.15. The van der Waals surface area contributed by atoms with Crippen LogP contribution in [0.1, 0.15) is 24.0 Å². The van der Waals surface area contributed by atoms with Crippen molar-refractivity contribution in [2.45, 2.75) is 19.3 Å². The van der Waals surface area contributed by atoms with E-state index in [0.29, 0.717) is 6.54 Å². The van der Waals surface area contributed by atoms with Gasteiger partial charge in [-0.3, -0.25) is 4.99 Å². The van der Waals surface area contributed by atoms with Crippen LogP contribution in [0.4, 0.5) is 0 Å². The van der Waals surface area contributed by atoms with E-state index < -0.39 is 0 Å². The summed E-state index contributed by atoms with van der Waals surface area (Å²) < 4.78 is 5.38. The first kappa shape index (κ1) is 21.3. The Hall–Kier alpha value is -2.97. The molecule has 1 unspecified atom stereocenters. The van der Waals surface area contributed by atoms with Gasteiger partial charge in [0.25, 0.3) is 0 Å².